The number of rotatable bonds is 5. The van der Waals surface area contributed by atoms with E-state index in [2.05, 4.69) is 30.5 Å². The summed E-state index contributed by atoms with van der Waals surface area (Å²) in [6.45, 7) is 1.96. The molecule has 1 aliphatic rings. The molecule has 0 aliphatic carbocycles. The third kappa shape index (κ3) is 2.81. The molecule has 3 N–H and O–H groups in total. The highest BCUT2D eigenvalue weighted by molar-refractivity contribution is 5.28. The molecule has 0 amide bonds. The Morgan fingerprint density at radius 1 is 1.45 bits per heavy atom. The number of anilines is 1. The lowest BCUT2D eigenvalue weighted by molar-refractivity contribution is 0.163. The van der Waals surface area contributed by atoms with Crippen molar-refractivity contribution in [3.8, 4) is 12.0 Å². The van der Waals surface area contributed by atoms with Crippen LogP contribution in [-0.2, 0) is 4.74 Å². The number of hydrogen-bond acceptors (Lipinski definition) is 9. The van der Waals surface area contributed by atoms with Gasteiger partial charge in [-0.1, -0.05) is 0 Å². The van der Waals surface area contributed by atoms with Gasteiger partial charge in [0.1, 0.15) is 12.7 Å². The Labute approximate surface area is 114 Å². The van der Waals surface area contributed by atoms with E-state index in [1.54, 1.807) is 0 Å². The van der Waals surface area contributed by atoms with Crippen LogP contribution in [0, 0.1) is 5.92 Å². The van der Waals surface area contributed by atoms with Crippen LogP contribution in [0.5, 0.6) is 6.01 Å². The van der Waals surface area contributed by atoms with Crippen molar-refractivity contribution in [3.63, 3.8) is 0 Å². The van der Waals surface area contributed by atoms with Gasteiger partial charge in [-0.15, -0.1) is 0 Å². The van der Waals surface area contributed by atoms with E-state index in [-0.39, 0.29) is 17.9 Å². The first-order valence-corrected chi connectivity index (χ1v) is 6.13. The molecule has 1 unspecified atom stereocenters. The minimum atomic E-state index is 0.186. The van der Waals surface area contributed by atoms with Gasteiger partial charge in [-0.05, 0) is 6.42 Å². The number of nitrogen functional groups attached to an aromatic ring is 1. The van der Waals surface area contributed by atoms with Gasteiger partial charge in [-0.2, -0.15) is 24.7 Å². The van der Waals surface area contributed by atoms with Crippen LogP contribution in [0.15, 0.2) is 12.7 Å². The average Bonchev–Trinajstić information content (AvgIpc) is 3.17. The molecule has 0 bridgehead atoms. The summed E-state index contributed by atoms with van der Waals surface area (Å²) in [5.41, 5.74) is 2.37. The molecule has 10 nitrogen and oxygen atoms in total. The van der Waals surface area contributed by atoms with Crippen molar-refractivity contribution in [3.05, 3.63) is 12.7 Å². The molecule has 0 radical (unpaired) electrons. The van der Waals surface area contributed by atoms with E-state index in [0.717, 1.165) is 13.0 Å². The molecule has 20 heavy (non-hydrogen) atoms. The van der Waals surface area contributed by atoms with Crippen LogP contribution in [0.2, 0.25) is 0 Å². The van der Waals surface area contributed by atoms with E-state index in [9.17, 15) is 0 Å². The summed E-state index contributed by atoms with van der Waals surface area (Å²) >= 11 is 0. The third-order valence-corrected chi connectivity index (χ3v) is 2.83. The molecular formula is C10H14N8O2. The van der Waals surface area contributed by atoms with Crippen molar-refractivity contribution in [2.75, 3.05) is 25.2 Å². The fourth-order valence-corrected chi connectivity index (χ4v) is 1.80. The quantitative estimate of drug-likeness (QED) is 0.531. The smallest absolute Gasteiger partial charge is 0.323 e. The highest BCUT2D eigenvalue weighted by atomic mass is 16.5. The minimum Gasteiger partial charge on any atom is -0.463 e. The Bertz CT molecular complexity index is 554. The maximum Gasteiger partial charge on any atom is 0.323 e. The zero-order chi connectivity index (χ0) is 13.8. The fraction of sp³-hybridized carbons (Fsp3) is 0.500. The predicted octanol–water partition coefficient (Wildman–Crippen LogP) is -0.847. The third-order valence-electron chi connectivity index (χ3n) is 2.83. The molecule has 2 aromatic heterocycles. The van der Waals surface area contributed by atoms with Gasteiger partial charge >= 0.3 is 6.01 Å². The average molecular weight is 278 g/mol. The van der Waals surface area contributed by atoms with Gasteiger partial charge in [-0.3, -0.25) is 5.43 Å². The molecule has 2 aromatic rings. The summed E-state index contributed by atoms with van der Waals surface area (Å²) in [7, 11) is 0. The molecule has 0 spiro atoms. The van der Waals surface area contributed by atoms with Crippen molar-refractivity contribution in [2.24, 2.45) is 11.8 Å². The topological polar surface area (TPSA) is 126 Å². The molecular weight excluding hydrogens is 264 g/mol. The van der Waals surface area contributed by atoms with Crippen LogP contribution in [-0.4, -0.2) is 49.5 Å². The highest BCUT2D eigenvalue weighted by Gasteiger charge is 2.17. The van der Waals surface area contributed by atoms with Crippen molar-refractivity contribution >= 4 is 5.95 Å². The van der Waals surface area contributed by atoms with Crippen molar-refractivity contribution in [1.82, 2.24) is 29.7 Å². The molecule has 3 rings (SSSR count). The second kappa shape index (κ2) is 5.75. The second-order valence-electron chi connectivity index (χ2n) is 4.27. The lowest BCUT2D eigenvalue weighted by Gasteiger charge is -2.10. The molecule has 1 atom stereocenters. The Hall–Kier alpha value is -2.33. The van der Waals surface area contributed by atoms with Crippen LogP contribution in [0.4, 0.5) is 5.95 Å². The van der Waals surface area contributed by atoms with Gasteiger partial charge in [0.2, 0.25) is 5.95 Å². The molecule has 1 fully saturated rings. The summed E-state index contributed by atoms with van der Waals surface area (Å²) in [5.74, 6) is 6.17. The van der Waals surface area contributed by atoms with Crippen LogP contribution in [0.25, 0.3) is 5.95 Å². The zero-order valence-corrected chi connectivity index (χ0v) is 10.6. The van der Waals surface area contributed by atoms with E-state index in [1.165, 1.54) is 17.3 Å². The summed E-state index contributed by atoms with van der Waals surface area (Å²) in [6, 6.07) is 0.186. The Kier molecular flexibility index (Phi) is 3.65. The number of hydrogen-bond donors (Lipinski definition) is 2. The lowest BCUT2D eigenvalue weighted by atomic mass is 10.1. The van der Waals surface area contributed by atoms with Crippen LogP contribution < -0.4 is 16.0 Å². The minimum absolute atomic E-state index is 0.186. The van der Waals surface area contributed by atoms with Crippen molar-refractivity contribution < 1.29 is 9.47 Å². The first kappa shape index (κ1) is 12.7. The summed E-state index contributed by atoms with van der Waals surface area (Å²) < 4.78 is 12.3. The first-order chi connectivity index (χ1) is 9.85. The highest BCUT2D eigenvalue weighted by Crippen LogP contribution is 2.15. The van der Waals surface area contributed by atoms with Gasteiger partial charge in [0.15, 0.2) is 0 Å². The maximum atomic E-state index is 5.57. The zero-order valence-electron chi connectivity index (χ0n) is 10.6. The van der Waals surface area contributed by atoms with Crippen LogP contribution in [0.1, 0.15) is 6.42 Å². The predicted molar refractivity (Wildman–Crippen MR) is 67.0 cm³/mol. The Morgan fingerprint density at radius 3 is 3.10 bits per heavy atom. The number of nitrogens with two attached hydrogens (primary N) is 1. The van der Waals surface area contributed by atoms with E-state index < -0.39 is 0 Å². The van der Waals surface area contributed by atoms with E-state index in [1.807, 2.05) is 0 Å². The van der Waals surface area contributed by atoms with Crippen LogP contribution in [0.3, 0.4) is 0 Å². The van der Waals surface area contributed by atoms with E-state index >= 15 is 0 Å². The van der Waals surface area contributed by atoms with Crippen molar-refractivity contribution in [1.29, 1.82) is 0 Å². The number of hydrazine groups is 1. The van der Waals surface area contributed by atoms with E-state index in [0.29, 0.717) is 19.1 Å². The molecule has 1 aliphatic heterocycles. The summed E-state index contributed by atoms with van der Waals surface area (Å²) in [5, 5.41) is 3.95. The largest absolute Gasteiger partial charge is 0.463 e. The van der Waals surface area contributed by atoms with Crippen molar-refractivity contribution in [2.45, 2.75) is 6.42 Å². The normalized spacial score (nSPS) is 18.1. The monoisotopic (exact) mass is 278 g/mol. The Morgan fingerprint density at radius 2 is 2.40 bits per heavy atom. The molecule has 1 saturated heterocycles. The summed E-state index contributed by atoms with van der Waals surface area (Å²) in [4.78, 5) is 16.1. The SMILES string of the molecule is NNc1nc(OCC2CCOC2)nc(-n2cncn2)n1. The summed E-state index contributed by atoms with van der Waals surface area (Å²) in [6.07, 6.45) is 3.84. The Balaban J connectivity index is 1.77. The molecule has 3 heterocycles. The number of nitrogens with one attached hydrogen (secondary N) is 1. The number of nitrogens with zero attached hydrogens (tertiary/aromatic N) is 6. The van der Waals surface area contributed by atoms with Gasteiger partial charge in [-0.25, -0.2) is 10.8 Å². The van der Waals surface area contributed by atoms with Gasteiger partial charge in [0.05, 0.1) is 13.2 Å². The van der Waals surface area contributed by atoms with Gasteiger partial charge in [0.25, 0.3) is 5.95 Å². The second-order valence-corrected chi connectivity index (χ2v) is 4.27. The maximum absolute atomic E-state index is 5.57. The fourth-order valence-electron chi connectivity index (χ4n) is 1.80. The first-order valence-electron chi connectivity index (χ1n) is 6.13. The number of aromatic nitrogens is 6. The number of ether oxygens (including phenoxy) is 2. The molecule has 0 saturated carbocycles. The molecule has 0 aromatic carbocycles. The van der Waals surface area contributed by atoms with Crippen LogP contribution >= 0.6 is 0 Å². The van der Waals surface area contributed by atoms with Gasteiger partial charge < -0.3 is 9.47 Å². The standard InChI is InChI=1S/C10H14N8O2/c11-17-8-14-9(18-6-12-5-13-18)16-10(15-8)20-4-7-1-2-19-3-7/h5-7H,1-4,11H2,(H,14,15,16,17). The molecule has 10 heteroatoms. The van der Waals surface area contributed by atoms with Gasteiger partial charge in [0, 0.05) is 12.5 Å². The molecule has 106 valence electrons. The lowest BCUT2D eigenvalue weighted by Crippen LogP contribution is -2.17. The van der Waals surface area contributed by atoms with E-state index in [4.69, 9.17) is 15.3 Å².